The Balaban J connectivity index is 1.52. The van der Waals surface area contributed by atoms with Crippen LogP contribution in [0, 0.1) is 0 Å². The Bertz CT molecular complexity index is 1400. The van der Waals surface area contributed by atoms with Crippen LogP contribution >= 0.6 is 0 Å². The van der Waals surface area contributed by atoms with Gasteiger partial charge in [0.2, 0.25) is 5.95 Å². The highest BCUT2D eigenvalue weighted by atomic mass is 16.5. The van der Waals surface area contributed by atoms with Crippen molar-refractivity contribution >= 4 is 22.8 Å². The van der Waals surface area contributed by atoms with Crippen LogP contribution in [0.4, 0.5) is 5.95 Å². The summed E-state index contributed by atoms with van der Waals surface area (Å²) in [6.45, 7) is 0.268. The summed E-state index contributed by atoms with van der Waals surface area (Å²) in [5, 5.41) is 9.78. The quantitative estimate of drug-likeness (QED) is 0.451. The lowest BCUT2D eigenvalue weighted by Crippen LogP contribution is -2.30. The number of fused-ring (bicyclic) bond motifs is 1. The van der Waals surface area contributed by atoms with E-state index in [2.05, 4.69) is 4.98 Å². The second kappa shape index (κ2) is 9.11. The zero-order valence-corrected chi connectivity index (χ0v) is 18.6. The van der Waals surface area contributed by atoms with Gasteiger partial charge in [0.25, 0.3) is 5.56 Å². The number of hydrogen-bond acceptors (Lipinski definition) is 5. The maximum absolute atomic E-state index is 13.5. The van der Waals surface area contributed by atoms with Gasteiger partial charge in [-0.3, -0.25) is 14.2 Å². The number of carboxylic acids is 1. The van der Waals surface area contributed by atoms with Crippen molar-refractivity contribution < 1.29 is 14.6 Å². The zero-order chi connectivity index (χ0) is 23.7. The Kier molecular flexibility index (Phi) is 5.86. The number of nitrogen functional groups attached to an aromatic ring is 1. The highest BCUT2D eigenvalue weighted by molar-refractivity contribution is 5.90. The number of carbonyl (C=O) groups is 1. The van der Waals surface area contributed by atoms with Gasteiger partial charge in [-0.1, -0.05) is 60.7 Å². The molecule has 4 aromatic rings. The molecule has 0 spiro atoms. The molecule has 0 amide bonds. The van der Waals surface area contributed by atoms with Gasteiger partial charge in [0, 0.05) is 0 Å². The van der Waals surface area contributed by atoms with E-state index in [0.29, 0.717) is 11.1 Å². The summed E-state index contributed by atoms with van der Waals surface area (Å²) in [4.78, 5) is 29.6. The average Bonchev–Trinajstić information content (AvgIpc) is 3.31. The molecule has 1 aliphatic rings. The van der Waals surface area contributed by atoms with Crippen LogP contribution in [0.1, 0.15) is 30.1 Å². The molecule has 172 valence electrons. The van der Waals surface area contributed by atoms with Crippen LogP contribution < -0.4 is 11.3 Å². The first-order chi connectivity index (χ1) is 16.5. The van der Waals surface area contributed by atoms with E-state index in [1.807, 2.05) is 60.7 Å². The van der Waals surface area contributed by atoms with Gasteiger partial charge in [0.1, 0.15) is 0 Å². The lowest BCUT2D eigenvalue weighted by Gasteiger charge is -2.18. The molecule has 1 fully saturated rings. The fourth-order valence-electron chi connectivity index (χ4n) is 4.68. The monoisotopic (exact) mass is 455 g/mol. The highest BCUT2D eigenvalue weighted by Crippen LogP contribution is 2.33. The lowest BCUT2D eigenvalue weighted by molar-refractivity contribution is -0.136. The maximum Gasteiger partial charge on any atom is 0.307 e. The molecule has 7 nitrogen and oxygen atoms in total. The molecule has 2 heterocycles. The Hall–Kier alpha value is -3.97. The highest BCUT2D eigenvalue weighted by Gasteiger charge is 2.28. The van der Waals surface area contributed by atoms with E-state index in [9.17, 15) is 14.7 Å². The van der Waals surface area contributed by atoms with Gasteiger partial charge in [-0.25, -0.2) is 4.98 Å². The molecule has 0 radical (unpaired) electrons. The maximum atomic E-state index is 13.5. The van der Waals surface area contributed by atoms with Gasteiger partial charge < -0.3 is 15.6 Å². The molecular weight excluding hydrogens is 430 g/mol. The van der Waals surface area contributed by atoms with E-state index in [1.54, 1.807) is 12.1 Å². The molecule has 0 bridgehead atoms. The van der Waals surface area contributed by atoms with E-state index >= 15 is 0 Å². The first-order valence-corrected chi connectivity index (χ1v) is 11.3. The number of carboxylic acid groups (broad SMARTS) is 1. The minimum Gasteiger partial charge on any atom is -0.481 e. The van der Waals surface area contributed by atoms with Crippen molar-refractivity contribution in [2.75, 3.05) is 5.73 Å². The summed E-state index contributed by atoms with van der Waals surface area (Å²) in [6, 6.07) is 23.1. The van der Waals surface area contributed by atoms with Crippen molar-refractivity contribution in [3.63, 3.8) is 0 Å². The minimum atomic E-state index is -1.01. The van der Waals surface area contributed by atoms with Crippen molar-refractivity contribution in [1.29, 1.82) is 0 Å². The minimum absolute atomic E-state index is 0.0208. The second-order valence-electron chi connectivity index (χ2n) is 8.59. The predicted molar refractivity (Wildman–Crippen MR) is 130 cm³/mol. The van der Waals surface area contributed by atoms with E-state index < -0.39 is 5.97 Å². The van der Waals surface area contributed by atoms with Crippen molar-refractivity contribution in [3.8, 4) is 11.1 Å². The SMILES string of the molecule is Nc1nc2cc(-c3ccccc3)cc(CC(=O)O)c2c(=O)n1C[C@@H]1CC[C@H](c2ccccc2)O1. The molecule has 1 aliphatic heterocycles. The van der Waals surface area contributed by atoms with Crippen LogP contribution in [-0.4, -0.2) is 26.7 Å². The summed E-state index contributed by atoms with van der Waals surface area (Å²) in [7, 11) is 0. The van der Waals surface area contributed by atoms with Crippen molar-refractivity contribution in [1.82, 2.24) is 9.55 Å². The number of nitrogens with zero attached hydrogens (tertiary/aromatic N) is 2. The normalized spacial score (nSPS) is 17.8. The van der Waals surface area contributed by atoms with E-state index in [0.717, 1.165) is 29.5 Å². The van der Waals surface area contributed by atoms with Gasteiger partial charge in [0.15, 0.2) is 0 Å². The fraction of sp³-hybridized carbons (Fsp3) is 0.222. The third-order valence-corrected chi connectivity index (χ3v) is 6.28. The third-order valence-electron chi connectivity index (χ3n) is 6.28. The Morgan fingerprint density at radius 2 is 1.74 bits per heavy atom. The average molecular weight is 456 g/mol. The van der Waals surface area contributed by atoms with Gasteiger partial charge in [-0.2, -0.15) is 0 Å². The fourth-order valence-corrected chi connectivity index (χ4v) is 4.68. The van der Waals surface area contributed by atoms with Crippen LogP contribution in [0.2, 0.25) is 0 Å². The molecule has 1 saturated heterocycles. The first kappa shape index (κ1) is 21.9. The van der Waals surface area contributed by atoms with E-state index in [1.165, 1.54) is 4.57 Å². The molecule has 0 saturated carbocycles. The number of anilines is 1. The summed E-state index contributed by atoms with van der Waals surface area (Å²) < 4.78 is 7.62. The summed E-state index contributed by atoms with van der Waals surface area (Å²) in [5.41, 5.74) is 9.51. The van der Waals surface area contributed by atoms with E-state index in [4.69, 9.17) is 10.5 Å². The number of benzene rings is 3. The summed E-state index contributed by atoms with van der Waals surface area (Å²) in [6.07, 6.45) is 1.16. The van der Waals surface area contributed by atoms with Crippen molar-refractivity contribution in [2.24, 2.45) is 0 Å². The number of nitrogens with two attached hydrogens (primary N) is 1. The number of rotatable bonds is 6. The topological polar surface area (TPSA) is 107 Å². The predicted octanol–water partition coefficient (Wildman–Crippen LogP) is 4.19. The van der Waals surface area contributed by atoms with E-state index in [-0.39, 0.29) is 42.1 Å². The van der Waals surface area contributed by atoms with Gasteiger partial charge in [0.05, 0.1) is 36.1 Å². The summed E-state index contributed by atoms with van der Waals surface area (Å²) >= 11 is 0. The van der Waals surface area contributed by atoms with Gasteiger partial charge in [-0.05, 0) is 47.2 Å². The van der Waals surface area contributed by atoms with Crippen LogP contribution in [0.25, 0.3) is 22.0 Å². The Labute approximate surface area is 196 Å². The molecule has 2 atom stereocenters. The zero-order valence-electron chi connectivity index (χ0n) is 18.6. The Morgan fingerprint density at radius 3 is 2.44 bits per heavy atom. The molecule has 5 rings (SSSR count). The molecule has 3 N–H and O–H groups in total. The molecule has 7 heteroatoms. The molecule has 0 unspecified atom stereocenters. The molecule has 3 aromatic carbocycles. The van der Waals surface area contributed by atoms with Crippen molar-refractivity contribution in [2.45, 2.75) is 38.0 Å². The smallest absolute Gasteiger partial charge is 0.307 e. The largest absolute Gasteiger partial charge is 0.481 e. The second-order valence-corrected chi connectivity index (χ2v) is 8.59. The molecular formula is C27H25N3O4. The van der Waals surface area contributed by atoms with Gasteiger partial charge in [-0.15, -0.1) is 0 Å². The van der Waals surface area contributed by atoms with Crippen LogP contribution in [0.5, 0.6) is 0 Å². The van der Waals surface area contributed by atoms with Crippen LogP contribution in [-0.2, 0) is 22.5 Å². The van der Waals surface area contributed by atoms with Gasteiger partial charge >= 0.3 is 5.97 Å². The number of ether oxygens (including phenoxy) is 1. The summed E-state index contributed by atoms with van der Waals surface area (Å²) in [5.74, 6) is -0.921. The number of aromatic nitrogens is 2. The molecule has 0 aliphatic carbocycles. The molecule has 1 aromatic heterocycles. The first-order valence-electron chi connectivity index (χ1n) is 11.3. The Morgan fingerprint density at radius 1 is 1.03 bits per heavy atom. The van der Waals surface area contributed by atoms with Crippen LogP contribution in [0.3, 0.4) is 0 Å². The third kappa shape index (κ3) is 4.30. The number of aliphatic carboxylic acids is 1. The number of hydrogen-bond donors (Lipinski definition) is 2. The standard InChI is InChI=1S/C27H25N3O4/c28-27-29-22-14-19(17-7-3-1-4-8-17)13-20(15-24(31)32)25(22)26(33)30(27)16-21-11-12-23(34-21)18-9-5-2-6-10-18/h1-10,13-14,21,23H,11-12,15-16H2,(H2,28,29)(H,31,32)/t21-,23+/m0/s1. The van der Waals surface area contributed by atoms with Crippen LogP contribution in [0.15, 0.2) is 77.6 Å². The van der Waals surface area contributed by atoms with Crippen molar-refractivity contribution in [3.05, 3.63) is 94.3 Å². The lowest BCUT2D eigenvalue weighted by atomic mass is 9.98. The molecule has 34 heavy (non-hydrogen) atoms.